The van der Waals surface area contributed by atoms with E-state index in [0.29, 0.717) is 15.8 Å². The molecule has 0 aliphatic carbocycles. The van der Waals surface area contributed by atoms with Gasteiger partial charge in [-0.1, -0.05) is 11.6 Å². The molecule has 90 valence electrons. The number of carbonyl (C=O) groups is 1. The molecule has 18 heavy (non-hydrogen) atoms. The summed E-state index contributed by atoms with van der Waals surface area (Å²) in [4.78, 5) is 16.1. The van der Waals surface area contributed by atoms with Crippen LogP contribution >= 0.6 is 22.9 Å². The number of pyridine rings is 1. The molecule has 3 aromatic heterocycles. The summed E-state index contributed by atoms with van der Waals surface area (Å²) in [5.74, 6) is -0.552. The van der Waals surface area contributed by atoms with Crippen molar-refractivity contribution in [2.45, 2.75) is 0 Å². The Morgan fingerprint density at radius 1 is 1.39 bits per heavy atom. The van der Waals surface area contributed by atoms with Crippen LogP contribution in [-0.2, 0) is 0 Å². The molecule has 7 heteroatoms. The van der Waals surface area contributed by atoms with Crippen molar-refractivity contribution in [3.05, 3.63) is 40.4 Å². The lowest BCUT2D eigenvalue weighted by Gasteiger charge is -1.94. The standard InChI is InChI=1S/C11H6ClN3O2S/c12-8-4-3-7(18-8)9-13-10-6(11(16)17)2-1-5-15(10)14-9/h1-5H,(H,16,17). The van der Waals surface area contributed by atoms with E-state index in [9.17, 15) is 4.79 Å². The average molecular weight is 280 g/mol. The van der Waals surface area contributed by atoms with Crippen LogP contribution in [-0.4, -0.2) is 25.7 Å². The number of rotatable bonds is 2. The van der Waals surface area contributed by atoms with Crippen molar-refractivity contribution in [1.29, 1.82) is 0 Å². The number of aromatic carboxylic acids is 1. The van der Waals surface area contributed by atoms with Gasteiger partial charge < -0.3 is 5.11 Å². The van der Waals surface area contributed by atoms with Gasteiger partial charge in [-0.2, -0.15) is 0 Å². The molecule has 0 amide bonds. The third-order valence-electron chi connectivity index (χ3n) is 2.39. The molecular weight excluding hydrogens is 274 g/mol. The van der Waals surface area contributed by atoms with Gasteiger partial charge >= 0.3 is 5.97 Å². The fourth-order valence-electron chi connectivity index (χ4n) is 1.61. The summed E-state index contributed by atoms with van der Waals surface area (Å²) >= 11 is 7.20. The monoisotopic (exact) mass is 279 g/mol. The van der Waals surface area contributed by atoms with Crippen LogP contribution in [0.25, 0.3) is 16.3 Å². The van der Waals surface area contributed by atoms with Crippen molar-refractivity contribution in [2.75, 3.05) is 0 Å². The van der Waals surface area contributed by atoms with Crippen molar-refractivity contribution in [3.63, 3.8) is 0 Å². The molecule has 3 rings (SSSR count). The molecule has 0 spiro atoms. The Bertz CT molecular complexity index is 750. The molecule has 1 N–H and O–H groups in total. The minimum absolute atomic E-state index is 0.124. The smallest absolute Gasteiger partial charge is 0.339 e. The first-order valence-corrected chi connectivity index (χ1v) is 6.19. The number of carboxylic acid groups (broad SMARTS) is 1. The number of aromatic nitrogens is 3. The minimum Gasteiger partial charge on any atom is -0.478 e. The van der Waals surface area contributed by atoms with E-state index in [0.717, 1.165) is 4.88 Å². The van der Waals surface area contributed by atoms with Gasteiger partial charge in [-0.3, -0.25) is 0 Å². The average Bonchev–Trinajstić information content (AvgIpc) is 2.93. The summed E-state index contributed by atoms with van der Waals surface area (Å²) in [6.07, 6.45) is 1.66. The topological polar surface area (TPSA) is 67.5 Å². The SMILES string of the molecule is O=C(O)c1cccn2nc(-c3ccc(Cl)s3)nc12. The van der Waals surface area contributed by atoms with Crippen molar-refractivity contribution < 1.29 is 9.90 Å². The molecule has 0 aliphatic rings. The fourth-order valence-corrected chi connectivity index (χ4v) is 2.58. The summed E-state index contributed by atoms with van der Waals surface area (Å²) in [5, 5.41) is 13.3. The van der Waals surface area contributed by atoms with Gasteiger partial charge in [0.1, 0.15) is 5.56 Å². The Morgan fingerprint density at radius 3 is 2.89 bits per heavy atom. The Morgan fingerprint density at radius 2 is 2.22 bits per heavy atom. The van der Waals surface area contributed by atoms with Gasteiger partial charge in [0.05, 0.1) is 9.21 Å². The number of hydrogen-bond acceptors (Lipinski definition) is 4. The van der Waals surface area contributed by atoms with Gasteiger partial charge in [0, 0.05) is 6.20 Å². The summed E-state index contributed by atoms with van der Waals surface area (Å²) in [7, 11) is 0. The zero-order chi connectivity index (χ0) is 12.7. The lowest BCUT2D eigenvalue weighted by atomic mass is 10.3. The molecule has 0 saturated carbocycles. The van der Waals surface area contributed by atoms with E-state index < -0.39 is 5.97 Å². The molecule has 0 radical (unpaired) electrons. The second-order valence-electron chi connectivity index (χ2n) is 3.53. The van der Waals surface area contributed by atoms with Gasteiger partial charge in [-0.25, -0.2) is 14.3 Å². The molecule has 5 nitrogen and oxygen atoms in total. The van der Waals surface area contributed by atoms with Crippen molar-refractivity contribution in [1.82, 2.24) is 14.6 Å². The van der Waals surface area contributed by atoms with Crippen LogP contribution in [0.3, 0.4) is 0 Å². The van der Waals surface area contributed by atoms with Crippen LogP contribution in [0, 0.1) is 0 Å². The second-order valence-corrected chi connectivity index (χ2v) is 5.25. The van der Waals surface area contributed by atoms with Crippen LogP contribution in [0.1, 0.15) is 10.4 Å². The van der Waals surface area contributed by atoms with Crippen molar-refractivity contribution >= 4 is 34.6 Å². The lowest BCUT2D eigenvalue weighted by molar-refractivity contribution is 0.0698. The highest BCUT2D eigenvalue weighted by atomic mass is 35.5. The number of fused-ring (bicyclic) bond motifs is 1. The van der Waals surface area contributed by atoms with E-state index in [1.807, 2.05) is 6.07 Å². The number of carboxylic acids is 1. The molecule has 3 aromatic rings. The first-order valence-electron chi connectivity index (χ1n) is 4.99. The molecule has 0 aliphatic heterocycles. The Labute approximate surface area is 110 Å². The number of halogens is 1. The van der Waals surface area contributed by atoms with Crippen LogP contribution < -0.4 is 0 Å². The zero-order valence-electron chi connectivity index (χ0n) is 8.87. The highest BCUT2D eigenvalue weighted by Crippen LogP contribution is 2.29. The first-order chi connectivity index (χ1) is 8.65. The quantitative estimate of drug-likeness (QED) is 0.783. The predicted octanol–water partition coefficient (Wildman–Crippen LogP) is 2.81. The fraction of sp³-hybridized carbons (Fsp3) is 0. The summed E-state index contributed by atoms with van der Waals surface area (Å²) < 4.78 is 2.09. The second kappa shape index (κ2) is 4.08. The Hall–Kier alpha value is -1.92. The highest BCUT2D eigenvalue weighted by molar-refractivity contribution is 7.19. The number of hydrogen-bond donors (Lipinski definition) is 1. The summed E-state index contributed by atoms with van der Waals surface area (Å²) in [6.45, 7) is 0. The van der Waals surface area contributed by atoms with Gasteiger partial charge in [-0.15, -0.1) is 16.4 Å². The number of nitrogens with zero attached hydrogens (tertiary/aromatic N) is 3. The maximum Gasteiger partial charge on any atom is 0.339 e. The van der Waals surface area contributed by atoms with Crippen molar-refractivity contribution in [2.24, 2.45) is 0 Å². The third-order valence-corrected chi connectivity index (χ3v) is 3.61. The molecule has 3 heterocycles. The highest BCUT2D eigenvalue weighted by Gasteiger charge is 2.14. The van der Waals surface area contributed by atoms with Gasteiger partial charge in [0.15, 0.2) is 11.5 Å². The van der Waals surface area contributed by atoms with Gasteiger partial charge in [0.2, 0.25) is 0 Å². The molecule has 0 unspecified atom stereocenters. The van der Waals surface area contributed by atoms with E-state index in [1.54, 1.807) is 18.3 Å². The summed E-state index contributed by atoms with van der Waals surface area (Å²) in [6, 6.07) is 6.68. The molecule has 0 saturated heterocycles. The van der Waals surface area contributed by atoms with E-state index in [-0.39, 0.29) is 5.56 Å². The molecular formula is C11H6ClN3O2S. The maximum atomic E-state index is 11.1. The molecule has 0 aromatic carbocycles. The number of thiophene rings is 1. The Kier molecular flexibility index (Phi) is 2.53. The maximum absolute atomic E-state index is 11.1. The van der Waals surface area contributed by atoms with E-state index in [1.165, 1.54) is 21.9 Å². The largest absolute Gasteiger partial charge is 0.478 e. The van der Waals surface area contributed by atoms with Crippen LogP contribution in [0.4, 0.5) is 0 Å². The molecule has 0 atom stereocenters. The van der Waals surface area contributed by atoms with Crippen LogP contribution in [0.5, 0.6) is 0 Å². The predicted molar refractivity (Wildman–Crippen MR) is 68.3 cm³/mol. The van der Waals surface area contributed by atoms with Crippen LogP contribution in [0.15, 0.2) is 30.5 Å². The van der Waals surface area contributed by atoms with Crippen molar-refractivity contribution in [3.8, 4) is 10.7 Å². The van der Waals surface area contributed by atoms with Crippen LogP contribution in [0.2, 0.25) is 4.34 Å². The summed E-state index contributed by atoms with van der Waals surface area (Å²) in [5.41, 5.74) is 0.448. The van der Waals surface area contributed by atoms with E-state index >= 15 is 0 Å². The van der Waals surface area contributed by atoms with E-state index in [4.69, 9.17) is 16.7 Å². The zero-order valence-corrected chi connectivity index (χ0v) is 10.4. The lowest BCUT2D eigenvalue weighted by Crippen LogP contribution is -2.00. The molecule has 0 fully saturated rings. The van der Waals surface area contributed by atoms with Gasteiger partial charge in [-0.05, 0) is 24.3 Å². The Balaban J connectivity index is 2.22. The first kappa shape index (κ1) is 11.2. The minimum atomic E-state index is -1.02. The normalized spacial score (nSPS) is 10.9. The molecule has 0 bridgehead atoms. The third kappa shape index (κ3) is 1.75. The van der Waals surface area contributed by atoms with E-state index in [2.05, 4.69) is 10.1 Å². The van der Waals surface area contributed by atoms with Gasteiger partial charge in [0.25, 0.3) is 0 Å².